The smallest absolute Gasteiger partial charge is 0.204 e. The Morgan fingerprint density at radius 2 is 1.88 bits per heavy atom. The van der Waals surface area contributed by atoms with E-state index in [2.05, 4.69) is 38.1 Å². The standard InChI is InChI=1S/C12H15N5/c1-2-4-10(3-1)13-11-7-5-9(6-8-11)12-14-16-17-15-12/h5-8,10,13H,1-4H2,(H,14,15,16,17). The molecule has 1 aliphatic rings. The molecule has 1 fully saturated rings. The number of aromatic amines is 1. The molecule has 0 aliphatic heterocycles. The third-order valence-electron chi connectivity index (χ3n) is 3.21. The zero-order chi connectivity index (χ0) is 11.5. The molecule has 5 nitrogen and oxygen atoms in total. The predicted molar refractivity (Wildman–Crippen MR) is 65.5 cm³/mol. The van der Waals surface area contributed by atoms with Gasteiger partial charge in [0.2, 0.25) is 5.82 Å². The molecule has 0 atom stereocenters. The molecule has 5 heteroatoms. The maximum absolute atomic E-state index is 3.95. The van der Waals surface area contributed by atoms with Crippen LogP contribution in [-0.4, -0.2) is 26.7 Å². The summed E-state index contributed by atoms with van der Waals surface area (Å²) in [5.74, 6) is 0.636. The fourth-order valence-corrected chi connectivity index (χ4v) is 2.31. The first-order chi connectivity index (χ1) is 8.42. The van der Waals surface area contributed by atoms with Crippen molar-refractivity contribution in [2.75, 3.05) is 5.32 Å². The lowest BCUT2D eigenvalue weighted by Crippen LogP contribution is -2.14. The molecule has 0 saturated heterocycles. The van der Waals surface area contributed by atoms with E-state index >= 15 is 0 Å². The molecule has 88 valence electrons. The van der Waals surface area contributed by atoms with Gasteiger partial charge >= 0.3 is 0 Å². The number of nitrogens with zero attached hydrogens (tertiary/aromatic N) is 3. The Hall–Kier alpha value is -1.91. The Morgan fingerprint density at radius 3 is 2.53 bits per heavy atom. The van der Waals surface area contributed by atoms with Crippen molar-refractivity contribution in [2.45, 2.75) is 31.7 Å². The first-order valence-corrected chi connectivity index (χ1v) is 6.02. The highest BCUT2D eigenvalue weighted by molar-refractivity contribution is 5.59. The summed E-state index contributed by atoms with van der Waals surface area (Å²) in [4.78, 5) is 0. The molecule has 2 aromatic rings. The number of anilines is 1. The molecule has 0 spiro atoms. The van der Waals surface area contributed by atoms with Crippen LogP contribution in [0.15, 0.2) is 24.3 Å². The lowest BCUT2D eigenvalue weighted by atomic mass is 10.1. The van der Waals surface area contributed by atoms with Gasteiger partial charge in [-0.05, 0) is 42.3 Å². The number of hydrogen-bond acceptors (Lipinski definition) is 4. The summed E-state index contributed by atoms with van der Waals surface area (Å²) < 4.78 is 0. The second kappa shape index (κ2) is 4.53. The minimum Gasteiger partial charge on any atom is -0.382 e. The number of H-pyrrole nitrogens is 1. The summed E-state index contributed by atoms with van der Waals surface area (Å²) >= 11 is 0. The van der Waals surface area contributed by atoms with Crippen molar-refractivity contribution in [3.8, 4) is 11.4 Å². The summed E-state index contributed by atoms with van der Waals surface area (Å²) in [5.41, 5.74) is 2.15. The molecule has 2 N–H and O–H groups in total. The third-order valence-corrected chi connectivity index (χ3v) is 3.21. The second-order valence-corrected chi connectivity index (χ2v) is 4.44. The second-order valence-electron chi connectivity index (χ2n) is 4.44. The minimum absolute atomic E-state index is 0.636. The lowest BCUT2D eigenvalue weighted by molar-refractivity contribution is 0.755. The van der Waals surface area contributed by atoms with E-state index in [-0.39, 0.29) is 0 Å². The lowest BCUT2D eigenvalue weighted by Gasteiger charge is -2.13. The zero-order valence-corrected chi connectivity index (χ0v) is 9.56. The molecule has 1 aromatic heterocycles. The van der Waals surface area contributed by atoms with Gasteiger partial charge < -0.3 is 5.32 Å². The molecular weight excluding hydrogens is 214 g/mol. The van der Waals surface area contributed by atoms with Gasteiger partial charge in [-0.15, -0.1) is 10.2 Å². The van der Waals surface area contributed by atoms with E-state index in [1.165, 1.54) is 31.4 Å². The maximum atomic E-state index is 3.95. The molecule has 0 amide bonds. The third kappa shape index (κ3) is 2.27. The predicted octanol–water partition coefficient (Wildman–Crippen LogP) is 2.22. The van der Waals surface area contributed by atoms with Crippen LogP contribution in [0.4, 0.5) is 5.69 Å². The van der Waals surface area contributed by atoms with Crippen molar-refractivity contribution in [1.82, 2.24) is 20.6 Å². The molecule has 1 aliphatic carbocycles. The first kappa shape index (κ1) is 10.3. The van der Waals surface area contributed by atoms with Crippen LogP contribution < -0.4 is 5.32 Å². The van der Waals surface area contributed by atoms with E-state index < -0.39 is 0 Å². The van der Waals surface area contributed by atoms with Crippen LogP contribution in [0.2, 0.25) is 0 Å². The van der Waals surface area contributed by atoms with E-state index in [4.69, 9.17) is 0 Å². The molecule has 1 heterocycles. The summed E-state index contributed by atoms with van der Waals surface area (Å²) in [7, 11) is 0. The molecule has 1 aromatic carbocycles. The Kier molecular flexibility index (Phi) is 2.73. The van der Waals surface area contributed by atoms with Crippen LogP contribution in [0, 0.1) is 0 Å². The number of hydrogen-bond donors (Lipinski definition) is 2. The quantitative estimate of drug-likeness (QED) is 0.847. The molecule has 17 heavy (non-hydrogen) atoms. The molecular formula is C12H15N5. The summed E-state index contributed by atoms with van der Waals surface area (Å²) in [5, 5.41) is 17.5. The Morgan fingerprint density at radius 1 is 1.12 bits per heavy atom. The highest BCUT2D eigenvalue weighted by atomic mass is 15.5. The van der Waals surface area contributed by atoms with Gasteiger partial charge in [-0.3, -0.25) is 0 Å². The van der Waals surface area contributed by atoms with E-state index in [9.17, 15) is 0 Å². The van der Waals surface area contributed by atoms with Crippen LogP contribution >= 0.6 is 0 Å². The van der Waals surface area contributed by atoms with Crippen LogP contribution in [0.25, 0.3) is 11.4 Å². The molecule has 0 unspecified atom stereocenters. The number of rotatable bonds is 3. The number of aromatic nitrogens is 4. The van der Waals surface area contributed by atoms with Gasteiger partial charge in [-0.2, -0.15) is 5.21 Å². The summed E-state index contributed by atoms with van der Waals surface area (Å²) in [6, 6.07) is 8.82. The average molecular weight is 229 g/mol. The number of tetrazole rings is 1. The van der Waals surface area contributed by atoms with Gasteiger partial charge in [0.15, 0.2) is 0 Å². The van der Waals surface area contributed by atoms with Gasteiger partial charge in [-0.1, -0.05) is 12.8 Å². The fraction of sp³-hybridized carbons (Fsp3) is 0.417. The van der Waals surface area contributed by atoms with Crippen LogP contribution in [0.1, 0.15) is 25.7 Å². The van der Waals surface area contributed by atoms with E-state index in [0.717, 1.165) is 5.56 Å². The normalized spacial score (nSPS) is 16.2. The molecule has 0 radical (unpaired) electrons. The van der Waals surface area contributed by atoms with Crippen LogP contribution in [-0.2, 0) is 0 Å². The average Bonchev–Trinajstić information content (AvgIpc) is 3.01. The highest BCUT2D eigenvalue weighted by Gasteiger charge is 2.14. The van der Waals surface area contributed by atoms with Crippen molar-refractivity contribution in [3.63, 3.8) is 0 Å². The highest BCUT2D eigenvalue weighted by Crippen LogP contribution is 2.23. The largest absolute Gasteiger partial charge is 0.382 e. The Labute approximate surface area is 99.6 Å². The van der Waals surface area contributed by atoms with Gasteiger partial charge in [0.1, 0.15) is 0 Å². The van der Waals surface area contributed by atoms with E-state index in [1.54, 1.807) is 0 Å². The van der Waals surface area contributed by atoms with Gasteiger partial charge in [0.05, 0.1) is 0 Å². The van der Waals surface area contributed by atoms with Crippen molar-refractivity contribution < 1.29 is 0 Å². The summed E-state index contributed by atoms with van der Waals surface area (Å²) in [6.07, 6.45) is 5.26. The van der Waals surface area contributed by atoms with Crippen molar-refractivity contribution in [1.29, 1.82) is 0 Å². The van der Waals surface area contributed by atoms with Crippen molar-refractivity contribution in [3.05, 3.63) is 24.3 Å². The SMILES string of the molecule is c1cc(-c2nn[nH]n2)ccc1NC1CCCC1. The zero-order valence-electron chi connectivity index (χ0n) is 9.56. The van der Waals surface area contributed by atoms with E-state index in [0.29, 0.717) is 11.9 Å². The topological polar surface area (TPSA) is 66.5 Å². The number of benzene rings is 1. The maximum Gasteiger partial charge on any atom is 0.204 e. The minimum atomic E-state index is 0.636. The Bertz CT molecular complexity index is 456. The van der Waals surface area contributed by atoms with Gasteiger partial charge in [0.25, 0.3) is 0 Å². The van der Waals surface area contributed by atoms with Crippen molar-refractivity contribution >= 4 is 5.69 Å². The van der Waals surface area contributed by atoms with Crippen LogP contribution in [0.3, 0.4) is 0 Å². The monoisotopic (exact) mass is 229 g/mol. The van der Waals surface area contributed by atoms with E-state index in [1.807, 2.05) is 12.1 Å². The van der Waals surface area contributed by atoms with Gasteiger partial charge in [0, 0.05) is 17.3 Å². The molecule has 1 saturated carbocycles. The summed E-state index contributed by atoms with van der Waals surface area (Å²) in [6.45, 7) is 0. The van der Waals surface area contributed by atoms with Crippen molar-refractivity contribution in [2.24, 2.45) is 0 Å². The Balaban J connectivity index is 1.71. The van der Waals surface area contributed by atoms with Gasteiger partial charge in [-0.25, -0.2) is 0 Å². The number of nitrogens with one attached hydrogen (secondary N) is 2. The molecule has 0 bridgehead atoms. The van der Waals surface area contributed by atoms with Crippen LogP contribution in [0.5, 0.6) is 0 Å². The first-order valence-electron chi connectivity index (χ1n) is 6.02. The molecule has 3 rings (SSSR count). The fourth-order valence-electron chi connectivity index (χ4n) is 2.31.